The molecule has 4 rings (SSSR count). The molecule has 1 aliphatic heterocycles. The van der Waals surface area contributed by atoms with Crippen molar-refractivity contribution in [2.24, 2.45) is 0 Å². The molecule has 0 amide bonds. The van der Waals surface area contributed by atoms with E-state index >= 15 is 0 Å². The van der Waals surface area contributed by atoms with E-state index in [0.717, 1.165) is 40.1 Å². The zero-order chi connectivity index (χ0) is 19.0. The van der Waals surface area contributed by atoms with Crippen LogP contribution < -0.4 is 0 Å². The third-order valence-corrected chi connectivity index (χ3v) is 5.43. The number of aliphatic hydroxyl groups excluding tert-OH is 1. The van der Waals surface area contributed by atoms with Crippen molar-refractivity contribution in [3.63, 3.8) is 0 Å². The van der Waals surface area contributed by atoms with Gasteiger partial charge in [0.15, 0.2) is 5.78 Å². The van der Waals surface area contributed by atoms with E-state index in [0.29, 0.717) is 25.6 Å². The lowest BCUT2D eigenvalue weighted by Crippen LogP contribution is -2.32. The second kappa shape index (κ2) is 7.29. The van der Waals surface area contributed by atoms with Crippen LogP contribution in [0.4, 0.5) is 0 Å². The minimum atomic E-state index is 0.136. The lowest BCUT2D eigenvalue weighted by molar-refractivity contribution is -0.112. The van der Waals surface area contributed by atoms with Gasteiger partial charge in [0.05, 0.1) is 12.2 Å². The summed E-state index contributed by atoms with van der Waals surface area (Å²) in [6, 6.07) is 14.7. The Labute approximate surface area is 160 Å². The van der Waals surface area contributed by atoms with Crippen LogP contribution in [-0.4, -0.2) is 35.0 Å². The van der Waals surface area contributed by atoms with Gasteiger partial charge < -0.3 is 9.84 Å². The van der Waals surface area contributed by atoms with Crippen LogP contribution in [-0.2, 0) is 29.1 Å². The number of allylic oxidation sites excluding steroid dienone is 1. The minimum absolute atomic E-state index is 0.136. The quantitative estimate of drug-likeness (QED) is 0.827. The summed E-state index contributed by atoms with van der Waals surface area (Å²) in [5.41, 5.74) is 6.15. The van der Waals surface area contributed by atoms with Gasteiger partial charge in [-0.1, -0.05) is 42.5 Å². The molecule has 4 heteroatoms. The first-order chi connectivity index (χ1) is 13.1. The molecule has 0 bridgehead atoms. The van der Waals surface area contributed by atoms with Crippen molar-refractivity contribution in [1.82, 2.24) is 4.90 Å². The summed E-state index contributed by atoms with van der Waals surface area (Å²) >= 11 is 0. The highest BCUT2D eigenvalue weighted by Gasteiger charge is 2.32. The first kappa shape index (κ1) is 18.0. The maximum Gasteiger partial charge on any atom is 0.171 e. The molecule has 0 saturated carbocycles. The van der Waals surface area contributed by atoms with Gasteiger partial charge in [-0.2, -0.15) is 0 Å². The molecule has 0 unspecified atom stereocenters. The Hall–Kier alpha value is -2.43. The van der Waals surface area contributed by atoms with Crippen LogP contribution in [0.15, 0.2) is 42.5 Å². The van der Waals surface area contributed by atoms with E-state index in [9.17, 15) is 9.90 Å². The molecule has 1 N–H and O–H groups in total. The molecule has 2 aromatic rings. The number of carbonyl (C=O) groups is 1. The molecule has 140 valence electrons. The van der Waals surface area contributed by atoms with Crippen molar-refractivity contribution >= 4 is 17.1 Å². The molecule has 0 spiro atoms. The van der Waals surface area contributed by atoms with Crippen LogP contribution in [0.25, 0.3) is 11.3 Å². The lowest BCUT2D eigenvalue weighted by Gasteiger charge is -2.25. The van der Waals surface area contributed by atoms with Crippen LogP contribution in [0.3, 0.4) is 0 Å². The summed E-state index contributed by atoms with van der Waals surface area (Å²) in [5.74, 6) is 0.861. The Balaban J connectivity index is 1.67. The highest BCUT2D eigenvalue weighted by Crippen LogP contribution is 2.40. The van der Waals surface area contributed by atoms with Gasteiger partial charge in [-0.25, -0.2) is 0 Å². The Morgan fingerprint density at radius 2 is 1.93 bits per heavy atom. The van der Waals surface area contributed by atoms with E-state index in [-0.39, 0.29) is 12.4 Å². The van der Waals surface area contributed by atoms with Crippen molar-refractivity contribution in [2.75, 3.05) is 13.2 Å². The first-order valence-electron chi connectivity index (χ1n) is 9.54. The van der Waals surface area contributed by atoms with Gasteiger partial charge in [-0.15, -0.1) is 0 Å². The van der Waals surface area contributed by atoms with Gasteiger partial charge in [0.1, 0.15) is 12.4 Å². The third kappa shape index (κ3) is 3.31. The molecule has 4 nitrogen and oxygen atoms in total. The number of ketones is 1. The molecule has 0 atom stereocenters. The molecule has 0 aromatic heterocycles. The van der Waals surface area contributed by atoms with Gasteiger partial charge >= 0.3 is 0 Å². The smallest absolute Gasteiger partial charge is 0.171 e. The minimum Gasteiger partial charge on any atom is -0.487 e. The Bertz CT molecular complexity index is 914. The van der Waals surface area contributed by atoms with Gasteiger partial charge in [0.25, 0.3) is 0 Å². The molecule has 0 fully saturated rings. The monoisotopic (exact) mass is 363 g/mol. The first-order valence-corrected chi connectivity index (χ1v) is 9.54. The summed E-state index contributed by atoms with van der Waals surface area (Å²) in [6.45, 7) is 6.38. The number of rotatable bonds is 5. The van der Waals surface area contributed by atoms with Crippen molar-refractivity contribution in [2.45, 2.75) is 39.5 Å². The average molecular weight is 363 g/mol. The van der Waals surface area contributed by atoms with E-state index in [1.54, 1.807) is 0 Å². The number of hydrogen-bond acceptors (Lipinski definition) is 4. The molecular weight excluding hydrogens is 338 g/mol. The van der Waals surface area contributed by atoms with Crippen LogP contribution in [0.1, 0.15) is 41.7 Å². The highest BCUT2D eigenvalue weighted by atomic mass is 16.5. The zero-order valence-corrected chi connectivity index (χ0v) is 15.9. The molecular formula is C23H25NO3. The van der Waals surface area contributed by atoms with Crippen molar-refractivity contribution in [3.05, 3.63) is 70.3 Å². The fourth-order valence-corrected chi connectivity index (χ4v) is 3.98. The van der Waals surface area contributed by atoms with Crippen LogP contribution in [0, 0.1) is 0 Å². The topological polar surface area (TPSA) is 49.8 Å². The van der Waals surface area contributed by atoms with Crippen molar-refractivity contribution < 1.29 is 14.6 Å². The van der Waals surface area contributed by atoms with E-state index in [1.165, 1.54) is 5.56 Å². The molecule has 1 heterocycles. The predicted octanol–water partition coefficient (Wildman–Crippen LogP) is 3.41. The zero-order valence-electron chi connectivity index (χ0n) is 15.9. The van der Waals surface area contributed by atoms with E-state index in [4.69, 9.17) is 4.74 Å². The maximum atomic E-state index is 12.6. The van der Waals surface area contributed by atoms with Crippen LogP contribution in [0.5, 0.6) is 0 Å². The van der Waals surface area contributed by atoms with E-state index < -0.39 is 0 Å². The standard InChI is InChI=1S/C23H25NO3/c1-15(2)24(9-10-25)13-16-7-8-20-18(11-16)14-27-23(20)22-19-6-4-3-5-17(19)12-21(22)26/h3-8,11,15,25H,9-10,12-14H2,1-2H3/b23-22+. The molecule has 2 aliphatic rings. The third-order valence-electron chi connectivity index (χ3n) is 5.43. The average Bonchev–Trinajstić information content (AvgIpc) is 3.20. The number of ether oxygens (including phenoxy) is 1. The van der Waals surface area contributed by atoms with Gasteiger partial charge in [0.2, 0.25) is 0 Å². The fourth-order valence-electron chi connectivity index (χ4n) is 3.98. The van der Waals surface area contributed by atoms with Crippen LogP contribution in [0.2, 0.25) is 0 Å². The van der Waals surface area contributed by atoms with Crippen molar-refractivity contribution in [3.8, 4) is 0 Å². The SMILES string of the molecule is CC(C)N(CCO)Cc1ccc2c(c1)CO/C2=C1/C(=O)Cc2ccccc21. The van der Waals surface area contributed by atoms with E-state index in [2.05, 4.69) is 36.9 Å². The molecule has 27 heavy (non-hydrogen) atoms. The summed E-state index contributed by atoms with van der Waals surface area (Å²) in [7, 11) is 0. The lowest BCUT2D eigenvalue weighted by atomic mass is 9.99. The number of aliphatic hydroxyl groups is 1. The van der Waals surface area contributed by atoms with E-state index in [1.807, 2.05) is 24.3 Å². The largest absolute Gasteiger partial charge is 0.487 e. The predicted molar refractivity (Wildman–Crippen MR) is 106 cm³/mol. The number of Topliss-reactive ketones (excluding diaryl/α,β-unsaturated/α-hetero) is 1. The van der Waals surface area contributed by atoms with Crippen LogP contribution >= 0.6 is 0 Å². The van der Waals surface area contributed by atoms with Gasteiger partial charge in [0, 0.05) is 36.7 Å². The summed E-state index contributed by atoms with van der Waals surface area (Å²) in [4.78, 5) is 14.9. The Morgan fingerprint density at radius 3 is 2.70 bits per heavy atom. The fraction of sp³-hybridized carbons (Fsp3) is 0.348. The summed E-state index contributed by atoms with van der Waals surface area (Å²) in [5, 5.41) is 9.28. The second-order valence-electron chi connectivity index (χ2n) is 7.53. The summed E-state index contributed by atoms with van der Waals surface area (Å²) in [6.07, 6.45) is 0.455. The summed E-state index contributed by atoms with van der Waals surface area (Å²) < 4.78 is 5.99. The van der Waals surface area contributed by atoms with Gasteiger partial charge in [-0.3, -0.25) is 9.69 Å². The Morgan fingerprint density at radius 1 is 1.11 bits per heavy atom. The molecule has 1 aliphatic carbocycles. The molecule has 0 saturated heterocycles. The second-order valence-corrected chi connectivity index (χ2v) is 7.53. The maximum absolute atomic E-state index is 12.6. The highest BCUT2D eigenvalue weighted by molar-refractivity contribution is 6.31. The number of nitrogens with zero attached hydrogens (tertiary/aromatic N) is 1. The number of benzene rings is 2. The van der Waals surface area contributed by atoms with Crippen molar-refractivity contribution in [1.29, 1.82) is 0 Å². The molecule has 0 radical (unpaired) electrons. The number of fused-ring (bicyclic) bond motifs is 2. The van der Waals surface area contributed by atoms with Gasteiger partial charge in [-0.05, 0) is 30.5 Å². The number of hydrogen-bond donors (Lipinski definition) is 1. The number of carbonyl (C=O) groups excluding carboxylic acids is 1. The Kier molecular flexibility index (Phi) is 4.85. The normalized spacial score (nSPS) is 18.2. The molecule has 2 aromatic carbocycles.